The van der Waals surface area contributed by atoms with Crippen LogP contribution in [-0.4, -0.2) is 49.3 Å². The monoisotopic (exact) mass is 266 g/mol. The molecule has 1 aromatic rings. The van der Waals surface area contributed by atoms with Crippen molar-refractivity contribution in [2.24, 2.45) is 0 Å². The standard InChI is InChI=1S/C13H18N2O4/c1-9-4-5-10(12(16)17)8-11(9)14-13(18)15(2)6-7-19-3/h4-5,8H,6-7H2,1-3H3,(H,14,18)(H,16,17). The fraction of sp³-hybridized carbons (Fsp3) is 0.385. The molecule has 0 atom stereocenters. The number of hydrogen-bond donors (Lipinski definition) is 2. The zero-order chi connectivity index (χ0) is 14.4. The van der Waals surface area contributed by atoms with Gasteiger partial charge in [0.2, 0.25) is 0 Å². The SMILES string of the molecule is COCCN(C)C(=O)Nc1cc(C(=O)O)ccc1C. The van der Waals surface area contributed by atoms with Crippen molar-refractivity contribution in [2.45, 2.75) is 6.92 Å². The van der Waals surface area contributed by atoms with Gasteiger partial charge in [-0.1, -0.05) is 6.07 Å². The Balaban J connectivity index is 2.78. The van der Waals surface area contributed by atoms with E-state index in [1.54, 1.807) is 27.1 Å². The van der Waals surface area contributed by atoms with E-state index in [4.69, 9.17) is 9.84 Å². The van der Waals surface area contributed by atoms with E-state index >= 15 is 0 Å². The van der Waals surface area contributed by atoms with Gasteiger partial charge in [-0.15, -0.1) is 0 Å². The molecule has 1 aromatic carbocycles. The topological polar surface area (TPSA) is 78.9 Å². The predicted octanol–water partition coefficient (Wildman–Crippen LogP) is 1.80. The molecule has 6 heteroatoms. The molecule has 2 amide bonds. The number of rotatable bonds is 5. The molecule has 1 rings (SSSR count). The van der Waals surface area contributed by atoms with Crippen molar-refractivity contribution in [3.63, 3.8) is 0 Å². The first-order valence-electron chi connectivity index (χ1n) is 5.80. The van der Waals surface area contributed by atoms with Gasteiger partial charge in [0.15, 0.2) is 0 Å². The molecule has 0 unspecified atom stereocenters. The minimum Gasteiger partial charge on any atom is -0.478 e. The molecule has 0 bridgehead atoms. The Morgan fingerprint density at radius 2 is 2.11 bits per heavy atom. The second-order valence-electron chi connectivity index (χ2n) is 4.18. The molecule has 0 aliphatic heterocycles. The number of nitrogens with zero attached hydrogens (tertiary/aromatic N) is 1. The van der Waals surface area contributed by atoms with Gasteiger partial charge in [-0.25, -0.2) is 9.59 Å². The summed E-state index contributed by atoms with van der Waals surface area (Å²) in [6.45, 7) is 2.70. The fourth-order valence-corrected chi connectivity index (χ4v) is 1.43. The van der Waals surface area contributed by atoms with Crippen LogP contribution in [0.15, 0.2) is 18.2 Å². The summed E-state index contributed by atoms with van der Waals surface area (Å²) in [4.78, 5) is 24.2. The number of carboxylic acids is 1. The summed E-state index contributed by atoms with van der Waals surface area (Å²) in [5.41, 5.74) is 1.44. The zero-order valence-corrected chi connectivity index (χ0v) is 11.3. The number of methoxy groups -OCH3 is 1. The molecule has 2 N–H and O–H groups in total. The lowest BCUT2D eigenvalue weighted by Crippen LogP contribution is -2.34. The van der Waals surface area contributed by atoms with Crippen LogP contribution in [0.5, 0.6) is 0 Å². The molecule has 0 saturated carbocycles. The number of amides is 2. The lowest BCUT2D eigenvalue weighted by Gasteiger charge is -2.18. The van der Waals surface area contributed by atoms with Crippen molar-refractivity contribution in [1.29, 1.82) is 0 Å². The molecule has 0 aliphatic rings. The van der Waals surface area contributed by atoms with Crippen LogP contribution in [0.1, 0.15) is 15.9 Å². The van der Waals surface area contributed by atoms with Gasteiger partial charge in [-0.2, -0.15) is 0 Å². The van der Waals surface area contributed by atoms with Crippen LogP contribution in [0.25, 0.3) is 0 Å². The summed E-state index contributed by atoms with van der Waals surface area (Å²) in [6, 6.07) is 4.30. The third kappa shape index (κ3) is 4.26. The highest BCUT2D eigenvalue weighted by Crippen LogP contribution is 2.17. The second kappa shape index (κ2) is 6.75. The third-order valence-corrected chi connectivity index (χ3v) is 2.70. The predicted molar refractivity (Wildman–Crippen MR) is 71.7 cm³/mol. The zero-order valence-electron chi connectivity index (χ0n) is 11.3. The Morgan fingerprint density at radius 1 is 1.42 bits per heavy atom. The van der Waals surface area contributed by atoms with Crippen molar-refractivity contribution >= 4 is 17.7 Å². The van der Waals surface area contributed by atoms with Crippen molar-refractivity contribution in [1.82, 2.24) is 4.90 Å². The van der Waals surface area contributed by atoms with Gasteiger partial charge < -0.3 is 20.1 Å². The average Bonchev–Trinajstić information content (AvgIpc) is 2.38. The number of aromatic carboxylic acids is 1. The van der Waals surface area contributed by atoms with Gasteiger partial charge in [0, 0.05) is 26.4 Å². The van der Waals surface area contributed by atoms with Gasteiger partial charge in [-0.05, 0) is 24.6 Å². The number of aryl methyl sites for hydroxylation is 1. The Morgan fingerprint density at radius 3 is 2.68 bits per heavy atom. The normalized spacial score (nSPS) is 10.1. The Labute approximate surface area is 112 Å². The largest absolute Gasteiger partial charge is 0.478 e. The van der Waals surface area contributed by atoms with Crippen LogP contribution in [0.3, 0.4) is 0 Å². The Hall–Kier alpha value is -2.08. The van der Waals surface area contributed by atoms with Crippen molar-refractivity contribution in [3.8, 4) is 0 Å². The number of anilines is 1. The number of carbonyl (C=O) groups is 2. The highest BCUT2D eigenvalue weighted by molar-refractivity contribution is 5.93. The molecule has 0 aromatic heterocycles. The van der Waals surface area contributed by atoms with E-state index in [1.165, 1.54) is 17.0 Å². The van der Waals surface area contributed by atoms with Crippen LogP contribution >= 0.6 is 0 Å². The van der Waals surface area contributed by atoms with Crippen molar-refractivity contribution in [3.05, 3.63) is 29.3 Å². The molecule has 0 aliphatic carbocycles. The number of nitrogens with one attached hydrogen (secondary N) is 1. The summed E-state index contributed by atoms with van der Waals surface area (Å²) in [5, 5.41) is 11.6. The van der Waals surface area contributed by atoms with E-state index < -0.39 is 5.97 Å². The molecule has 104 valence electrons. The number of ether oxygens (including phenoxy) is 1. The lowest BCUT2D eigenvalue weighted by atomic mass is 10.1. The van der Waals surface area contributed by atoms with Crippen LogP contribution in [-0.2, 0) is 4.74 Å². The number of likely N-dealkylation sites (N-methyl/N-ethyl adjacent to an activating group) is 1. The maximum atomic E-state index is 11.9. The van der Waals surface area contributed by atoms with Crippen LogP contribution < -0.4 is 5.32 Å². The first-order valence-corrected chi connectivity index (χ1v) is 5.80. The first kappa shape index (κ1) is 15.0. The van der Waals surface area contributed by atoms with E-state index in [2.05, 4.69) is 5.32 Å². The summed E-state index contributed by atoms with van der Waals surface area (Å²) < 4.78 is 4.89. The summed E-state index contributed by atoms with van der Waals surface area (Å²) >= 11 is 0. The highest BCUT2D eigenvalue weighted by atomic mass is 16.5. The fourth-order valence-electron chi connectivity index (χ4n) is 1.43. The Kier molecular flexibility index (Phi) is 5.32. The number of urea groups is 1. The van der Waals surface area contributed by atoms with E-state index in [-0.39, 0.29) is 11.6 Å². The van der Waals surface area contributed by atoms with Crippen LogP contribution in [0.4, 0.5) is 10.5 Å². The maximum Gasteiger partial charge on any atom is 0.335 e. The maximum absolute atomic E-state index is 11.9. The van der Waals surface area contributed by atoms with E-state index in [9.17, 15) is 9.59 Å². The number of carbonyl (C=O) groups excluding carboxylic acids is 1. The van der Waals surface area contributed by atoms with Gasteiger partial charge in [0.05, 0.1) is 12.2 Å². The minimum atomic E-state index is -1.02. The molecular weight excluding hydrogens is 248 g/mol. The van der Waals surface area contributed by atoms with Gasteiger partial charge in [-0.3, -0.25) is 0 Å². The number of hydrogen-bond acceptors (Lipinski definition) is 3. The Bertz CT molecular complexity index is 474. The molecule has 0 spiro atoms. The quantitative estimate of drug-likeness (QED) is 0.851. The van der Waals surface area contributed by atoms with E-state index in [0.29, 0.717) is 18.8 Å². The van der Waals surface area contributed by atoms with Crippen molar-refractivity contribution in [2.75, 3.05) is 32.6 Å². The number of benzene rings is 1. The smallest absolute Gasteiger partial charge is 0.335 e. The van der Waals surface area contributed by atoms with E-state index in [0.717, 1.165) is 5.56 Å². The molecule has 0 radical (unpaired) electrons. The molecule has 6 nitrogen and oxygen atoms in total. The van der Waals surface area contributed by atoms with Gasteiger partial charge in [0.1, 0.15) is 0 Å². The highest BCUT2D eigenvalue weighted by Gasteiger charge is 2.11. The summed E-state index contributed by atoms with van der Waals surface area (Å²) in [5.74, 6) is -1.02. The molecule has 19 heavy (non-hydrogen) atoms. The van der Waals surface area contributed by atoms with Gasteiger partial charge in [0.25, 0.3) is 0 Å². The summed E-state index contributed by atoms with van der Waals surface area (Å²) in [7, 11) is 3.21. The average molecular weight is 266 g/mol. The molecular formula is C13H18N2O4. The molecule has 0 saturated heterocycles. The van der Waals surface area contributed by atoms with E-state index in [1.807, 2.05) is 0 Å². The minimum absolute atomic E-state index is 0.139. The van der Waals surface area contributed by atoms with Crippen molar-refractivity contribution < 1.29 is 19.4 Å². The third-order valence-electron chi connectivity index (χ3n) is 2.70. The molecule has 0 fully saturated rings. The molecule has 0 heterocycles. The summed E-state index contributed by atoms with van der Waals surface area (Å²) in [6.07, 6.45) is 0. The van der Waals surface area contributed by atoms with Crippen LogP contribution in [0.2, 0.25) is 0 Å². The first-order chi connectivity index (χ1) is 8.95. The lowest BCUT2D eigenvalue weighted by molar-refractivity contribution is 0.0697. The van der Waals surface area contributed by atoms with Crippen LogP contribution in [0, 0.1) is 6.92 Å². The number of carboxylic acid groups (broad SMARTS) is 1. The van der Waals surface area contributed by atoms with Gasteiger partial charge >= 0.3 is 12.0 Å². The second-order valence-corrected chi connectivity index (χ2v) is 4.18.